The zero-order valence-corrected chi connectivity index (χ0v) is 15.4. The summed E-state index contributed by atoms with van der Waals surface area (Å²) in [5.74, 6) is 1.30. The lowest BCUT2D eigenvalue weighted by Gasteiger charge is -2.25. The summed E-state index contributed by atoms with van der Waals surface area (Å²) < 4.78 is 0. The van der Waals surface area contributed by atoms with Crippen LogP contribution in [-0.2, 0) is 9.59 Å². The van der Waals surface area contributed by atoms with E-state index in [1.54, 1.807) is 6.92 Å². The van der Waals surface area contributed by atoms with Gasteiger partial charge >= 0.3 is 0 Å². The molecular weight excluding hydrogens is 294 g/mol. The van der Waals surface area contributed by atoms with Gasteiger partial charge in [-0.25, -0.2) is 0 Å². The van der Waals surface area contributed by atoms with Crippen molar-refractivity contribution in [3.05, 3.63) is 0 Å². The third-order valence-corrected chi connectivity index (χ3v) is 5.46. The van der Waals surface area contributed by atoms with Gasteiger partial charge in [0.2, 0.25) is 0 Å². The second kappa shape index (κ2) is 11.2. The summed E-state index contributed by atoms with van der Waals surface area (Å²) in [6.07, 6.45) is 10.7. The maximum Gasteiger partial charge on any atom is 0.185 e. The largest absolute Gasteiger partial charge is 0.309 e. The average Bonchev–Trinajstić information content (AvgIpc) is 2.44. The molecule has 128 valence electrons. The molecule has 1 aliphatic rings. The predicted octanol–water partition coefficient (Wildman–Crippen LogP) is 4.15. The van der Waals surface area contributed by atoms with E-state index in [0.717, 1.165) is 32.2 Å². The maximum absolute atomic E-state index is 13.0. The van der Waals surface area contributed by atoms with Gasteiger partial charge in [0.15, 0.2) is 5.12 Å². The zero-order valence-electron chi connectivity index (χ0n) is 14.6. The molecule has 0 bridgehead atoms. The molecule has 2 atom stereocenters. The summed E-state index contributed by atoms with van der Waals surface area (Å²) in [4.78, 5) is 26.4. The van der Waals surface area contributed by atoms with Crippen molar-refractivity contribution in [2.24, 2.45) is 11.8 Å². The van der Waals surface area contributed by atoms with Crippen molar-refractivity contribution in [3.63, 3.8) is 0 Å². The van der Waals surface area contributed by atoms with Crippen LogP contribution in [0.1, 0.15) is 64.7 Å². The summed E-state index contributed by atoms with van der Waals surface area (Å²) >= 11 is 1.33. The van der Waals surface area contributed by atoms with Crippen molar-refractivity contribution in [1.82, 2.24) is 4.90 Å². The molecule has 0 aromatic carbocycles. The number of ketones is 1. The Morgan fingerprint density at radius 1 is 1.00 bits per heavy atom. The Morgan fingerprint density at radius 3 is 2.00 bits per heavy atom. The molecule has 0 heterocycles. The van der Waals surface area contributed by atoms with Crippen molar-refractivity contribution in [3.8, 4) is 0 Å². The van der Waals surface area contributed by atoms with Gasteiger partial charge in [0.05, 0.1) is 0 Å². The second-order valence-electron chi connectivity index (χ2n) is 6.91. The van der Waals surface area contributed by atoms with Gasteiger partial charge in [-0.15, -0.1) is 0 Å². The Morgan fingerprint density at radius 2 is 1.50 bits per heavy atom. The summed E-state index contributed by atoms with van der Waals surface area (Å²) in [7, 11) is 4.09. The van der Waals surface area contributed by atoms with Gasteiger partial charge in [-0.1, -0.05) is 56.7 Å². The molecule has 1 rings (SSSR count). The highest BCUT2D eigenvalue weighted by atomic mass is 32.2. The molecule has 0 radical (unpaired) electrons. The first-order valence-electron chi connectivity index (χ1n) is 8.82. The van der Waals surface area contributed by atoms with Gasteiger partial charge in [-0.2, -0.15) is 0 Å². The van der Waals surface area contributed by atoms with Crippen LogP contribution in [0.3, 0.4) is 0 Å². The molecule has 1 aliphatic carbocycles. The van der Waals surface area contributed by atoms with E-state index in [2.05, 4.69) is 4.90 Å². The van der Waals surface area contributed by atoms with Crippen molar-refractivity contribution in [1.29, 1.82) is 0 Å². The monoisotopic (exact) mass is 327 g/mol. The van der Waals surface area contributed by atoms with E-state index < -0.39 is 0 Å². The van der Waals surface area contributed by atoms with Gasteiger partial charge in [-0.05, 0) is 26.9 Å². The fraction of sp³-hybridized carbons (Fsp3) is 0.889. The lowest BCUT2D eigenvalue weighted by molar-refractivity contribution is -0.127. The van der Waals surface area contributed by atoms with Crippen molar-refractivity contribution < 1.29 is 9.59 Å². The van der Waals surface area contributed by atoms with E-state index in [1.165, 1.54) is 43.9 Å². The molecule has 22 heavy (non-hydrogen) atoms. The Labute approximate surface area is 140 Å². The molecule has 0 amide bonds. The van der Waals surface area contributed by atoms with Crippen LogP contribution in [0.4, 0.5) is 0 Å². The van der Waals surface area contributed by atoms with Crippen molar-refractivity contribution >= 4 is 22.7 Å². The van der Waals surface area contributed by atoms with Crippen molar-refractivity contribution in [2.75, 3.05) is 26.4 Å². The molecule has 0 aromatic heterocycles. The Bertz CT molecular complexity index is 344. The third kappa shape index (κ3) is 8.33. The van der Waals surface area contributed by atoms with Crippen LogP contribution >= 0.6 is 11.8 Å². The van der Waals surface area contributed by atoms with Crippen molar-refractivity contribution in [2.45, 2.75) is 64.7 Å². The molecule has 0 aliphatic heterocycles. The molecular formula is C18H33NO2S. The number of carbonyl (C=O) groups excluding carboxylic acids is 2. The summed E-state index contributed by atoms with van der Waals surface area (Å²) in [5.41, 5.74) is 0. The lowest BCUT2D eigenvalue weighted by Crippen LogP contribution is -2.33. The quantitative estimate of drug-likeness (QED) is 0.777. The van der Waals surface area contributed by atoms with Crippen LogP contribution in [0, 0.1) is 11.8 Å². The molecule has 1 saturated carbocycles. The van der Waals surface area contributed by atoms with E-state index in [9.17, 15) is 9.59 Å². The van der Waals surface area contributed by atoms with Crippen LogP contribution in [0.5, 0.6) is 0 Å². The van der Waals surface area contributed by atoms with Crippen LogP contribution in [0.2, 0.25) is 0 Å². The molecule has 0 N–H and O–H groups in total. The van der Waals surface area contributed by atoms with E-state index in [1.807, 2.05) is 14.1 Å². The second-order valence-corrected chi connectivity index (χ2v) is 8.11. The van der Waals surface area contributed by atoms with Gasteiger partial charge in [0.25, 0.3) is 0 Å². The minimum absolute atomic E-state index is 0.0678. The number of rotatable bonds is 4. The first kappa shape index (κ1) is 19.7. The van der Waals surface area contributed by atoms with E-state index in [0.29, 0.717) is 11.5 Å². The number of thioether (sulfide) groups is 1. The fourth-order valence-electron chi connectivity index (χ4n) is 3.29. The Kier molecular flexibility index (Phi) is 10.1. The van der Waals surface area contributed by atoms with Gasteiger partial charge < -0.3 is 4.90 Å². The van der Waals surface area contributed by atoms with Gasteiger partial charge in [0.1, 0.15) is 5.78 Å². The fourth-order valence-corrected chi connectivity index (χ4v) is 4.06. The summed E-state index contributed by atoms with van der Waals surface area (Å²) in [6.45, 7) is 2.45. The normalized spacial score (nSPS) is 25.5. The molecule has 2 unspecified atom stereocenters. The van der Waals surface area contributed by atoms with Gasteiger partial charge in [0, 0.05) is 31.1 Å². The minimum atomic E-state index is 0.0678. The lowest BCUT2D eigenvalue weighted by atomic mass is 9.85. The Balaban J connectivity index is 2.72. The zero-order chi connectivity index (χ0) is 16.4. The number of nitrogens with zero attached hydrogens (tertiary/aromatic N) is 1. The van der Waals surface area contributed by atoms with Gasteiger partial charge in [-0.3, -0.25) is 9.59 Å². The van der Waals surface area contributed by atoms with E-state index >= 15 is 0 Å². The predicted molar refractivity (Wildman–Crippen MR) is 95.2 cm³/mol. The summed E-state index contributed by atoms with van der Waals surface area (Å²) in [5, 5.41) is 0.128. The summed E-state index contributed by atoms with van der Waals surface area (Å²) in [6, 6.07) is 0. The number of Topliss-reactive ketones (excluding diaryl/α,β-unsaturated/α-hetero) is 1. The third-order valence-electron chi connectivity index (χ3n) is 4.48. The number of hydrogen-bond acceptors (Lipinski definition) is 4. The minimum Gasteiger partial charge on any atom is -0.309 e. The van der Waals surface area contributed by atoms with Crippen LogP contribution in [0.15, 0.2) is 0 Å². The average molecular weight is 328 g/mol. The SMILES string of the molecule is CC(=O)SCC1CCCCCCCCCC(CN(C)C)C1=O. The molecule has 0 saturated heterocycles. The highest BCUT2D eigenvalue weighted by Crippen LogP contribution is 2.25. The smallest absolute Gasteiger partial charge is 0.185 e. The Hall–Kier alpha value is -0.350. The van der Waals surface area contributed by atoms with Crippen LogP contribution < -0.4 is 0 Å². The van der Waals surface area contributed by atoms with Crippen LogP contribution in [-0.4, -0.2) is 42.2 Å². The number of hydrogen-bond donors (Lipinski definition) is 0. The molecule has 0 aromatic rings. The van der Waals surface area contributed by atoms with E-state index in [4.69, 9.17) is 0 Å². The highest BCUT2D eigenvalue weighted by Gasteiger charge is 2.27. The van der Waals surface area contributed by atoms with E-state index in [-0.39, 0.29) is 17.0 Å². The highest BCUT2D eigenvalue weighted by molar-refractivity contribution is 8.13. The maximum atomic E-state index is 13.0. The first-order valence-corrected chi connectivity index (χ1v) is 9.81. The molecule has 4 heteroatoms. The topological polar surface area (TPSA) is 37.4 Å². The molecule has 0 spiro atoms. The number of carbonyl (C=O) groups is 2. The first-order chi connectivity index (χ1) is 10.5. The standard InChI is InChI=1S/C18H33NO2S/c1-15(20)22-14-17-12-10-8-6-4-5-7-9-11-16(18(17)21)13-19(2)3/h16-17H,4-14H2,1-3H3. The van der Waals surface area contributed by atoms with Crippen LogP contribution in [0.25, 0.3) is 0 Å². The molecule has 3 nitrogen and oxygen atoms in total. The molecule has 1 fully saturated rings.